The van der Waals surface area contributed by atoms with Crippen LogP contribution in [0.25, 0.3) is 0 Å². The van der Waals surface area contributed by atoms with Crippen molar-refractivity contribution in [1.29, 1.82) is 0 Å². The molecule has 2 aliphatic heterocycles. The summed E-state index contributed by atoms with van der Waals surface area (Å²) in [5.41, 5.74) is 4.67. The molecule has 7 nitrogen and oxygen atoms in total. The highest BCUT2D eigenvalue weighted by Gasteiger charge is 2.41. The van der Waals surface area contributed by atoms with Gasteiger partial charge in [-0.3, -0.25) is 14.4 Å². The summed E-state index contributed by atoms with van der Waals surface area (Å²) < 4.78 is 22.3. The van der Waals surface area contributed by atoms with Gasteiger partial charge in [-0.1, -0.05) is 38.1 Å². The van der Waals surface area contributed by atoms with Gasteiger partial charge in [0.2, 0.25) is 0 Å². The van der Waals surface area contributed by atoms with Crippen molar-refractivity contribution < 1.29 is 19.0 Å². The lowest BCUT2D eigenvalue weighted by atomic mass is 9.87. The summed E-state index contributed by atoms with van der Waals surface area (Å²) in [5.74, 6) is 0.793. The summed E-state index contributed by atoms with van der Waals surface area (Å²) >= 11 is 0. The van der Waals surface area contributed by atoms with Crippen LogP contribution in [0.2, 0.25) is 0 Å². The highest BCUT2D eigenvalue weighted by atomic mass is 19.1. The Morgan fingerprint density at radius 1 is 1.05 bits per heavy atom. The predicted molar refractivity (Wildman–Crippen MR) is 170 cm³/mol. The Morgan fingerprint density at radius 3 is 2.43 bits per heavy atom. The fourth-order valence-electron chi connectivity index (χ4n) is 7.47. The third-order valence-electron chi connectivity index (χ3n) is 9.82. The van der Waals surface area contributed by atoms with E-state index in [0.717, 1.165) is 81.8 Å². The third kappa shape index (κ3) is 7.18. The van der Waals surface area contributed by atoms with Gasteiger partial charge in [0.1, 0.15) is 17.6 Å². The number of nitrogens with zero attached hydrogens (tertiary/aromatic N) is 4. The monoisotopic (exact) mass is 602 g/mol. The lowest BCUT2D eigenvalue weighted by molar-refractivity contribution is -0.144. The summed E-state index contributed by atoms with van der Waals surface area (Å²) in [6, 6.07) is 17.1. The van der Waals surface area contributed by atoms with Crippen LogP contribution in [0.3, 0.4) is 0 Å². The number of hydrogen-bond acceptors (Lipinski definition) is 5. The van der Waals surface area contributed by atoms with Crippen molar-refractivity contribution in [1.82, 2.24) is 19.6 Å². The number of carboxylic acids is 1. The highest BCUT2D eigenvalue weighted by molar-refractivity contribution is 5.73. The Balaban J connectivity index is 1.09. The number of aliphatic carboxylic acids is 1. The molecule has 1 saturated carbocycles. The van der Waals surface area contributed by atoms with E-state index in [1.807, 2.05) is 19.9 Å². The smallest absolute Gasteiger partial charge is 0.321 e. The molecule has 6 rings (SSSR count). The molecule has 1 aromatic heterocycles. The molecule has 2 saturated heterocycles. The second kappa shape index (κ2) is 13.4. The number of carbonyl (C=O) groups is 1. The largest absolute Gasteiger partial charge is 0.490 e. The average molecular weight is 603 g/mol. The number of halogens is 1. The van der Waals surface area contributed by atoms with Crippen molar-refractivity contribution in [3.05, 3.63) is 82.9 Å². The second-order valence-electron chi connectivity index (χ2n) is 13.5. The summed E-state index contributed by atoms with van der Waals surface area (Å²) in [7, 11) is 0. The molecule has 8 heteroatoms. The minimum Gasteiger partial charge on any atom is -0.490 e. The van der Waals surface area contributed by atoms with Crippen LogP contribution in [0.15, 0.2) is 54.6 Å². The molecule has 44 heavy (non-hydrogen) atoms. The molecule has 1 N–H and O–H groups in total. The van der Waals surface area contributed by atoms with Gasteiger partial charge in [0.25, 0.3) is 0 Å². The topological polar surface area (TPSA) is 70.8 Å². The minimum absolute atomic E-state index is 0.00386. The lowest BCUT2D eigenvalue weighted by Crippen LogP contribution is -2.44. The number of benzene rings is 2. The first kappa shape index (κ1) is 30.8. The molecule has 3 fully saturated rings. The van der Waals surface area contributed by atoms with E-state index < -0.39 is 12.0 Å². The standard InChI is InChI=1S/C36H47FN4O3/c1-4-41-34(20-30(38-41)18-25-8-10-31(11-9-25)44-32-12-13-32)26-14-16-39(17-15-26)21-28-22-40(35(24(2)3)36(42)43)23-33(28)27-6-5-7-29(37)19-27/h5-11,19-20,24,26,28,32-33,35H,4,12-18,21-23H2,1-3H3,(H,42,43)/t28-,33+,35+/m0/s1. The van der Waals surface area contributed by atoms with Crippen molar-refractivity contribution >= 4 is 5.97 Å². The molecule has 1 aliphatic carbocycles. The molecule has 0 amide bonds. The van der Waals surface area contributed by atoms with E-state index in [2.05, 4.69) is 51.7 Å². The first-order valence-corrected chi connectivity index (χ1v) is 16.5. The average Bonchev–Trinajstić information content (AvgIpc) is 3.58. The van der Waals surface area contributed by atoms with E-state index in [1.165, 1.54) is 17.3 Å². The van der Waals surface area contributed by atoms with Gasteiger partial charge in [-0.2, -0.15) is 5.10 Å². The van der Waals surface area contributed by atoms with Crippen molar-refractivity contribution in [2.75, 3.05) is 32.7 Å². The molecule has 0 bridgehead atoms. The Hall–Kier alpha value is -3.23. The summed E-state index contributed by atoms with van der Waals surface area (Å²) in [6.07, 6.45) is 5.70. The normalized spacial score (nSPS) is 22.5. The van der Waals surface area contributed by atoms with Crippen LogP contribution in [-0.2, 0) is 17.8 Å². The van der Waals surface area contributed by atoms with Crippen LogP contribution in [0, 0.1) is 17.7 Å². The molecular weight excluding hydrogens is 555 g/mol. The first-order valence-electron chi connectivity index (χ1n) is 16.5. The number of piperidine rings is 1. The van der Waals surface area contributed by atoms with Crippen LogP contribution in [-0.4, -0.2) is 75.5 Å². The SMILES string of the molecule is CCn1nc(Cc2ccc(OC3CC3)cc2)cc1C1CCN(C[C@H]2CN([C@@H](C(=O)O)C(C)C)C[C@@H]2c2cccc(F)c2)CC1. The number of hydrogen-bond donors (Lipinski definition) is 1. The molecule has 3 aliphatic rings. The Labute approximate surface area is 261 Å². The van der Waals surface area contributed by atoms with Crippen LogP contribution in [0.4, 0.5) is 4.39 Å². The van der Waals surface area contributed by atoms with Crippen LogP contribution in [0.5, 0.6) is 5.75 Å². The van der Waals surface area contributed by atoms with E-state index in [4.69, 9.17) is 9.84 Å². The highest BCUT2D eigenvalue weighted by Crippen LogP contribution is 2.37. The third-order valence-corrected chi connectivity index (χ3v) is 9.82. The molecule has 236 valence electrons. The van der Waals surface area contributed by atoms with Gasteiger partial charge in [0.15, 0.2) is 0 Å². The quantitative estimate of drug-likeness (QED) is 0.267. The number of likely N-dealkylation sites (tertiary alicyclic amines) is 2. The van der Waals surface area contributed by atoms with Gasteiger partial charge in [-0.15, -0.1) is 0 Å². The van der Waals surface area contributed by atoms with Gasteiger partial charge in [0, 0.05) is 50.1 Å². The predicted octanol–water partition coefficient (Wildman–Crippen LogP) is 6.18. The molecule has 0 unspecified atom stereocenters. The zero-order chi connectivity index (χ0) is 30.8. The number of rotatable bonds is 12. The first-order chi connectivity index (χ1) is 21.3. The molecule has 2 aromatic carbocycles. The summed E-state index contributed by atoms with van der Waals surface area (Å²) in [4.78, 5) is 16.8. The van der Waals surface area contributed by atoms with Crippen LogP contribution >= 0.6 is 0 Å². The zero-order valence-corrected chi connectivity index (χ0v) is 26.4. The van der Waals surface area contributed by atoms with E-state index in [-0.39, 0.29) is 23.6 Å². The van der Waals surface area contributed by atoms with Crippen LogP contribution in [0.1, 0.15) is 80.8 Å². The maximum atomic E-state index is 14.2. The summed E-state index contributed by atoms with van der Waals surface area (Å²) in [6.45, 7) is 11.2. The molecule has 0 radical (unpaired) electrons. The van der Waals surface area contributed by atoms with E-state index in [9.17, 15) is 14.3 Å². The Morgan fingerprint density at radius 2 is 1.80 bits per heavy atom. The number of ether oxygens (including phenoxy) is 1. The molecule has 3 atom stereocenters. The van der Waals surface area contributed by atoms with Crippen LogP contribution < -0.4 is 4.74 Å². The minimum atomic E-state index is -0.772. The zero-order valence-electron chi connectivity index (χ0n) is 26.4. The van der Waals surface area contributed by atoms with E-state index >= 15 is 0 Å². The van der Waals surface area contributed by atoms with Crippen molar-refractivity contribution in [3.8, 4) is 5.75 Å². The number of aromatic nitrogens is 2. The van der Waals surface area contributed by atoms with Gasteiger partial charge in [-0.25, -0.2) is 4.39 Å². The van der Waals surface area contributed by atoms with Crippen molar-refractivity contribution in [2.24, 2.45) is 11.8 Å². The fraction of sp³-hybridized carbons (Fsp3) is 0.556. The lowest BCUT2D eigenvalue weighted by Gasteiger charge is -2.35. The van der Waals surface area contributed by atoms with Gasteiger partial charge < -0.3 is 14.7 Å². The summed E-state index contributed by atoms with van der Waals surface area (Å²) in [5, 5.41) is 15.0. The van der Waals surface area contributed by atoms with E-state index in [0.29, 0.717) is 18.6 Å². The Bertz CT molecular complexity index is 1410. The molecule has 0 spiro atoms. The fourth-order valence-corrected chi connectivity index (χ4v) is 7.47. The maximum Gasteiger partial charge on any atom is 0.321 e. The van der Waals surface area contributed by atoms with Crippen molar-refractivity contribution in [3.63, 3.8) is 0 Å². The van der Waals surface area contributed by atoms with Gasteiger partial charge in [0.05, 0.1) is 11.8 Å². The molecule has 3 heterocycles. The number of aryl methyl sites for hydroxylation is 1. The van der Waals surface area contributed by atoms with Gasteiger partial charge in [-0.05, 0) is 99.0 Å². The number of carboxylic acid groups (broad SMARTS) is 1. The second-order valence-corrected chi connectivity index (χ2v) is 13.5. The maximum absolute atomic E-state index is 14.2. The van der Waals surface area contributed by atoms with Gasteiger partial charge >= 0.3 is 5.97 Å². The van der Waals surface area contributed by atoms with E-state index in [1.54, 1.807) is 12.1 Å². The molecule has 3 aromatic rings. The Kier molecular flexibility index (Phi) is 9.38. The van der Waals surface area contributed by atoms with Crippen molar-refractivity contribution in [2.45, 2.75) is 83.4 Å². The molecular formula is C36H47FN4O3.